The fraction of sp³-hybridized carbons (Fsp3) is 0.500. The van der Waals surface area contributed by atoms with Gasteiger partial charge in [0.15, 0.2) is 11.6 Å². The van der Waals surface area contributed by atoms with Gasteiger partial charge in [0.25, 0.3) is 0 Å². The van der Waals surface area contributed by atoms with Crippen molar-refractivity contribution in [3.05, 3.63) is 16.8 Å². The standard InChI is InChI=1S/C12H16N4OS/c1-2-7-6-8-10(16-13)14-11(15-12(8)18-7)9-4-3-5-17-9/h6,9H,2-5,13H2,1H3,(H,14,15,16). The summed E-state index contributed by atoms with van der Waals surface area (Å²) in [6.07, 6.45) is 3.08. The first-order valence-electron chi connectivity index (χ1n) is 6.20. The molecular formula is C12H16N4OS. The van der Waals surface area contributed by atoms with Gasteiger partial charge >= 0.3 is 0 Å². The highest BCUT2D eigenvalue weighted by Crippen LogP contribution is 2.33. The molecule has 0 aliphatic carbocycles. The molecule has 0 bridgehead atoms. The van der Waals surface area contributed by atoms with Crippen molar-refractivity contribution in [3.63, 3.8) is 0 Å². The maximum Gasteiger partial charge on any atom is 0.161 e. The molecule has 1 fully saturated rings. The van der Waals surface area contributed by atoms with Crippen LogP contribution in [0.15, 0.2) is 6.07 Å². The van der Waals surface area contributed by atoms with Crippen molar-refractivity contribution in [2.45, 2.75) is 32.3 Å². The summed E-state index contributed by atoms with van der Waals surface area (Å²) in [5.74, 6) is 7.00. The largest absolute Gasteiger partial charge is 0.370 e. The zero-order valence-electron chi connectivity index (χ0n) is 10.3. The molecule has 1 unspecified atom stereocenters. The van der Waals surface area contributed by atoms with Crippen LogP contribution in [0, 0.1) is 0 Å². The van der Waals surface area contributed by atoms with Gasteiger partial charge in [0, 0.05) is 11.5 Å². The van der Waals surface area contributed by atoms with Gasteiger partial charge in [0.2, 0.25) is 0 Å². The van der Waals surface area contributed by atoms with Gasteiger partial charge in [-0.1, -0.05) is 6.92 Å². The Morgan fingerprint density at radius 2 is 2.44 bits per heavy atom. The normalized spacial score (nSPS) is 19.6. The Balaban J connectivity index is 2.10. The number of aryl methyl sites for hydroxylation is 1. The number of ether oxygens (including phenoxy) is 1. The van der Waals surface area contributed by atoms with Gasteiger partial charge in [-0.15, -0.1) is 11.3 Å². The molecule has 3 rings (SSSR count). The topological polar surface area (TPSA) is 73.1 Å². The Kier molecular flexibility index (Phi) is 3.15. The van der Waals surface area contributed by atoms with Crippen LogP contribution in [-0.4, -0.2) is 16.6 Å². The van der Waals surface area contributed by atoms with E-state index >= 15 is 0 Å². The SMILES string of the molecule is CCc1cc2c(NN)nc(C3CCCO3)nc2s1. The second kappa shape index (κ2) is 4.79. The highest BCUT2D eigenvalue weighted by Gasteiger charge is 2.22. The number of fused-ring (bicyclic) bond motifs is 1. The van der Waals surface area contributed by atoms with E-state index in [1.165, 1.54) is 4.88 Å². The average molecular weight is 264 g/mol. The van der Waals surface area contributed by atoms with Gasteiger partial charge in [-0.2, -0.15) is 0 Å². The lowest BCUT2D eigenvalue weighted by Crippen LogP contribution is -2.12. The number of anilines is 1. The zero-order chi connectivity index (χ0) is 12.5. The fourth-order valence-corrected chi connectivity index (χ4v) is 3.17. The molecule has 18 heavy (non-hydrogen) atoms. The number of thiophene rings is 1. The summed E-state index contributed by atoms with van der Waals surface area (Å²) in [6, 6.07) is 2.11. The molecule has 0 aromatic carbocycles. The summed E-state index contributed by atoms with van der Waals surface area (Å²) >= 11 is 1.70. The van der Waals surface area contributed by atoms with E-state index in [0.717, 1.165) is 41.9 Å². The van der Waals surface area contributed by atoms with Gasteiger partial charge in [-0.25, -0.2) is 15.8 Å². The fourth-order valence-electron chi connectivity index (χ4n) is 2.20. The third kappa shape index (κ3) is 1.96. The summed E-state index contributed by atoms with van der Waals surface area (Å²) in [5.41, 5.74) is 2.67. The van der Waals surface area contributed by atoms with E-state index in [-0.39, 0.29) is 6.10 Å². The minimum atomic E-state index is 0.0219. The van der Waals surface area contributed by atoms with E-state index < -0.39 is 0 Å². The number of hydrogen-bond donors (Lipinski definition) is 2. The predicted octanol–water partition coefficient (Wildman–Crippen LogP) is 2.39. The summed E-state index contributed by atoms with van der Waals surface area (Å²) in [6.45, 7) is 2.93. The van der Waals surface area contributed by atoms with Crippen LogP contribution >= 0.6 is 11.3 Å². The van der Waals surface area contributed by atoms with Crippen molar-refractivity contribution >= 4 is 27.4 Å². The molecule has 1 saturated heterocycles. The van der Waals surface area contributed by atoms with Crippen LogP contribution in [0.25, 0.3) is 10.2 Å². The van der Waals surface area contributed by atoms with Crippen molar-refractivity contribution in [2.24, 2.45) is 5.84 Å². The first kappa shape index (κ1) is 11.8. The van der Waals surface area contributed by atoms with Crippen molar-refractivity contribution in [1.82, 2.24) is 9.97 Å². The number of nitrogens with one attached hydrogen (secondary N) is 1. The average Bonchev–Trinajstić information content (AvgIpc) is 3.05. The molecule has 1 atom stereocenters. The quantitative estimate of drug-likeness (QED) is 0.658. The molecule has 0 spiro atoms. The summed E-state index contributed by atoms with van der Waals surface area (Å²) in [7, 11) is 0. The van der Waals surface area contributed by atoms with Crippen molar-refractivity contribution in [2.75, 3.05) is 12.0 Å². The molecule has 2 aromatic rings. The maximum atomic E-state index is 5.63. The first-order chi connectivity index (χ1) is 8.81. The molecule has 3 heterocycles. The molecule has 3 N–H and O–H groups in total. The van der Waals surface area contributed by atoms with Crippen molar-refractivity contribution in [3.8, 4) is 0 Å². The third-order valence-corrected chi connectivity index (χ3v) is 4.34. The summed E-state index contributed by atoms with van der Waals surface area (Å²) in [5, 5.41) is 1.00. The summed E-state index contributed by atoms with van der Waals surface area (Å²) < 4.78 is 5.63. The molecule has 6 heteroatoms. The highest BCUT2D eigenvalue weighted by molar-refractivity contribution is 7.18. The lowest BCUT2D eigenvalue weighted by Gasteiger charge is -2.09. The van der Waals surface area contributed by atoms with Crippen molar-refractivity contribution in [1.29, 1.82) is 0 Å². The smallest absolute Gasteiger partial charge is 0.161 e. The second-order valence-corrected chi connectivity index (χ2v) is 5.48. The zero-order valence-corrected chi connectivity index (χ0v) is 11.1. The van der Waals surface area contributed by atoms with Gasteiger partial charge in [0.05, 0.1) is 5.39 Å². The molecule has 5 nitrogen and oxygen atoms in total. The molecular weight excluding hydrogens is 248 g/mol. The monoisotopic (exact) mass is 264 g/mol. The Hall–Kier alpha value is -1.24. The number of hydrogen-bond acceptors (Lipinski definition) is 6. The third-order valence-electron chi connectivity index (χ3n) is 3.16. The predicted molar refractivity (Wildman–Crippen MR) is 72.5 cm³/mol. The van der Waals surface area contributed by atoms with E-state index in [2.05, 4.69) is 28.4 Å². The van der Waals surface area contributed by atoms with Gasteiger partial charge < -0.3 is 10.2 Å². The van der Waals surface area contributed by atoms with Gasteiger partial charge in [0.1, 0.15) is 10.9 Å². The Bertz CT molecular complexity index is 562. The number of nitrogens with two attached hydrogens (primary N) is 1. The maximum absolute atomic E-state index is 5.63. The second-order valence-electron chi connectivity index (χ2n) is 4.36. The number of nitrogen functional groups attached to an aromatic ring is 1. The Morgan fingerprint density at radius 1 is 1.56 bits per heavy atom. The van der Waals surface area contributed by atoms with E-state index in [0.29, 0.717) is 5.82 Å². The first-order valence-corrected chi connectivity index (χ1v) is 7.02. The molecule has 0 radical (unpaired) electrons. The molecule has 0 amide bonds. The molecule has 96 valence electrons. The van der Waals surface area contributed by atoms with Crippen LogP contribution in [-0.2, 0) is 11.2 Å². The van der Waals surface area contributed by atoms with E-state index in [9.17, 15) is 0 Å². The van der Waals surface area contributed by atoms with Crippen LogP contribution < -0.4 is 11.3 Å². The molecule has 1 aliphatic rings. The van der Waals surface area contributed by atoms with E-state index in [1.807, 2.05) is 0 Å². The van der Waals surface area contributed by atoms with Gasteiger partial charge in [-0.3, -0.25) is 0 Å². The van der Waals surface area contributed by atoms with Crippen LogP contribution in [0.5, 0.6) is 0 Å². The van der Waals surface area contributed by atoms with Crippen molar-refractivity contribution < 1.29 is 4.74 Å². The van der Waals surface area contributed by atoms with E-state index in [4.69, 9.17) is 10.6 Å². The number of hydrazine groups is 1. The Labute approximate surface area is 109 Å². The lowest BCUT2D eigenvalue weighted by molar-refractivity contribution is 0.105. The minimum absolute atomic E-state index is 0.0219. The van der Waals surface area contributed by atoms with Gasteiger partial charge in [-0.05, 0) is 25.3 Å². The number of aromatic nitrogens is 2. The summed E-state index contributed by atoms with van der Waals surface area (Å²) in [4.78, 5) is 11.4. The van der Waals surface area contributed by atoms with Crippen LogP contribution in [0.3, 0.4) is 0 Å². The Morgan fingerprint density at radius 3 is 3.11 bits per heavy atom. The molecule has 1 aliphatic heterocycles. The van der Waals surface area contributed by atoms with Crippen LogP contribution in [0.2, 0.25) is 0 Å². The van der Waals surface area contributed by atoms with Crippen LogP contribution in [0.4, 0.5) is 5.82 Å². The molecule has 0 saturated carbocycles. The number of nitrogens with zero attached hydrogens (tertiary/aromatic N) is 2. The lowest BCUT2D eigenvalue weighted by atomic mass is 10.2. The van der Waals surface area contributed by atoms with E-state index in [1.54, 1.807) is 11.3 Å². The molecule has 2 aromatic heterocycles. The highest BCUT2D eigenvalue weighted by atomic mass is 32.1. The number of rotatable bonds is 3. The minimum Gasteiger partial charge on any atom is -0.370 e. The van der Waals surface area contributed by atoms with Crippen LogP contribution in [0.1, 0.15) is 36.6 Å².